The van der Waals surface area contributed by atoms with Gasteiger partial charge in [-0.2, -0.15) is 23.4 Å². The number of halogens is 4. The molecule has 3 aromatic heterocycles. The molecule has 3 aromatic rings. The number of hydrogen-bond acceptors (Lipinski definition) is 5. The number of carbonyl (C=O) groups excluding carboxylic acids is 2. The molecule has 32 heavy (non-hydrogen) atoms. The van der Waals surface area contributed by atoms with E-state index in [9.17, 15) is 22.8 Å². The minimum Gasteiger partial charge on any atom is -0.467 e. The minimum absolute atomic E-state index is 0.0340. The summed E-state index contributed by atoms with van der Waals surface area (Å²) in [5.41, 5.74) is -0.888. The van der Waals surface area contributed by atoms with Gasteiger partial charge >= 0.3 is 6.18 Å². The summed E-state index contributed by atoms with van der Waals surface area (Å²) >= 11 is 2.89. The van der Waals surface area contributed by atoms with Crippen molar-refractivity contribution >= 4 is 33.4 Å². The molecule has 2 N–H and O–H groups in total. The van der Waals surface area contributed by atoms with Crippen LogP contribution in [0.1, 0.15) is 47.5 Å². The highest BCUT2D eigenvalue weighted by atomic mass is 79.9. The Morgan fingerprint density at radius 2 is 2.03 bits per heavy atom. The van der Waals surface area contributed by atoms with Crippen LogP contribution in [-0.2, 0) is 24.1 Å². The number of alkyl halides is 3. The lowest BCUT2D eigenvalue weighted by atomic mass is 10.2. The second-order valence-electron chi connectivity index (χ2n) is 6.86. The maximum absolute atomic E-state index is 13.1. The minimum atomic E-state index is -4.67. The summed E-state index contributed by atoms with van der Waals surface area (Å²) in [5.74, 6) is -0.672. The van der Waals surface area contributed by atoms with Crippen molar-refractivity contribution in [3.05, 3.63) is 51.9 Å². The van der Waals surface area contributed by atoms with Crippen LogP contribution in [0, 0.1) is 6.92 Å². The molecule has 0 fully saturated rings. The molecule has 13 heteroatoms. The Balaban J connectivity index is 1.80. The average Bonchev–Trinajstić information content (AvgIpc) is 3.46. The Kier molecular flexibility index (Phi) is 6.77. The summed E-state index contributed by atoms with van der Waals surface area (Å²) in [7, 11) is 0. The standard InChI is InChI=1S/C19H20BrF3N6O3/c1-4-28-9-13(15(26-28)18(31)24-8-12-6-5-7-32-12)25-17(30)11(3)29-10(2)14(20)16(27-29)19(21,22)23/h5-7,9,11H,4,8H2,1-3H3,(H,24,31)(H,25,30)/t11-/m0/s1. The van der Waals surface area contributed by atoms with Crippen LogP contribution in [0.3, 0.4) is 0 Å². The third kappa shape index (κ3) is 4.87. The van der Waals surface area contributed by atoms with Gasteiger partial charge in [0.2, 0.25) is 5.91 Å². The molecule has 1 atom stereocenters. The van der Waals surface area contributed by atoms with Gasteiger partial charge in [0.25, 0.3) is 5.91 Å². The van der Waals surface area contributed by atoms with Crippen molar-refractivity contribution in [2.75, 3.05) is 5.32 Å². The highest BCUT2D eigenvalue weighted by Crippen LogP contribution is 2.36. The fourth-order valence-corrected chi connectivity index (χ4v) is 3.40. The molecule has 9 nitrogen and oxygen atoms in total. The van der Waals surface area contributed by atoms with Crippen LogP contribution in [0.4, 0.5) is 18.9 Å². The van der Waals surface area contributed by atoms with Crippen LogP contribution in [-0.4, -0.2) is 31.4 Å². The third-order valence-electron chi connectivity index (χ3n) is 4.65. The van der Waals surface area contributed by atoms with Gasteiger partial charge in [0.1, 0.15) is 11.8 Å². The highest BCUT2D eigenvalue weighted by Gasteiger charge is 2.39. The molecule has 2 amide bonds. The maximum Gasteiger partial charge on any atom is 0.436 e. The normalized spacial score (nSPS) is 12.6. The first kappa shape index (κ1) is 23.6. The highest BCUT2D eigenvalue weighted by molar-refractivity contribution is 9.10. The van der Waals surface area contributed by atoms with Crippen molar-refractivity contribution in [2.45, 2.75) is 46.1 Å². The van der Waals surface area contributed by atoms with Crippen molar-refractivity contribution in [3.8, 4) is 0 Å². The van der Waals surface area contributed by atoms with Gasteiger partial charge in [0.15, 0.2) is 11.4 Å². The van der Waals surface area contributed by atoms with Crippen LogP contribution in [0.5, 0.6) is 0 Å². The van der Waals surface area contributed by atoms with Crippen molar-refractivity contribution < 1.29 is 27.2 Å². The van der Waals surface area contributed by atoms with E-state index in [0.29, 0.717) is 12.3 Å². The largest absolute Gasteiger partial charge is 0.467 e. The Hall–Kier alpha value is -3.09. The molecular weight excluding hydrogens is 497 g/mol. The van der Waals surface area contributed by atoms with Gasteiger partial charge in [-0.05, 0) is 48.8 Å². The number of aromatic nitrogens is 4. The Labute approximate surface area is 189 Å². The fraction of sp³-hybridized carbons (Fsp3) is 0.368. The number of anilines is 1. The molecule has 0 radical (unpaired) electrons. The summed E-state index contributed by atoms with van der Waals surface area (Å²) in [4.78, 5) is 25.4. The van der Waals surface area contributed by atoms with E-state index in [1.807, 2.05) is 0 Å². The molecule has 0 aliphatic heterocycles. The van der Waals surface area contributed by atoms with Crippen LogP contribution in [0.25, 0.3) is 0 Å². The van der Waals surface area contributed by atoms with E-state index in [2.05, 4.69) is 36.8 Å². The first-order valence-electron chi connectivity index (χ1n) is 9.53. The molecule has 0 aromatic carbocycles. The summed E-state index contributed by atoms with van der Waals surface area (Å²) in [5, 5.41) is 12.9. The molecule has 0 bridgehead atoms. The monoisotopic (exact) mass is 516 g/mol. The van der Waals surface area contributed by atoms with Gasteiger partial charge in [0.05, 0.1) is 28.7 Å². The first-order chi connectivity index (χ1) is 15.0. The lowest BCUT2D eigenvalue weighted by Gasteiger charge is -2.14. The summed E-state index contributed by atoms with van der Waals surface area (Å²) in [6.45, 7) is 5.18. The number of rotatable bonds is 7. The van der Waals surface area contributed by atoms with Gasteiger partial charge < -0.3 is 15.1 Å². The predicted molar refractivity (Wildman–Crippen MR) is 111 cm³/mol. The maximum atomic E-state index is 13.1. The molecule has 0 spiro atoms. The van der Waals surface area contributed by atoms with E-state index >= 15 is 0 Å². The van der Waals surface area contributed by atoms with Crippen molar-refractivity contribution in [3.63, 3.8) is 0 Å². The van der Waals surface area contributed by atoms with Crippen molar-refractivity contribution in [1.82, 2.24) is 24.9 Å². The number of nitrogens with zero attached hydrogens (tertiary/aromatic N) is 4. The predicted octanol–water partition coefficient (Wildman–Crippen LogP) is 3.91. The number of furan rings is 1. The van der Waals surface area contributed by atoms with E-state index in [-0.39, 0.29) is 28.1 Å². The topological polar surface area (TPSA) is 107 Å². The van der Waals surface area contributed by atoms with Gasteiger partial charge in [-0.1, -0.05) is 0 Å². The molecule has 0 aliphatic rings. The molecule has 3 rings (SSSR count). The molecule has 0 unspecified atom stereocenters. The summed E-state index contributed by atoms with van der Waals surface area (Å²) < 4.78 is 46.8. The van der Waals surface area contributed by atoms with E-state index in [0.717, 1.165) is 4.68 Å². The zero-order chi connectivity index (χ0) is 23.6. The fourth-order valence-electron chi connectivity index (χ4n) is 2.91. The van der Waals surface area contributed by atoms with Gasteiger partial charge in [-0.3, -0.25) is 19.0 Å². The summed E-state index contributed by atoms with van der Waals surface area (Å²) in [6.07, 6.45) is -1.73. The lowest BCUT2D eigenvalue weighted by molar-refractivity contribution is -0.142. The molecule has 0 aliphatic carbocycles. The van der Waals surface area contributed by atoms with Gasteiger partial charge in [-0.25, -0.2) is 0 Å². The van der Waals surface area contributed by atoms with E-state index in [1.54, 1.807) is 19.1 Å². The molecule has 3 heterocycles. The number of amides is 2. The smallest absolute Gasteiger partial charge is 0.436 e. The molecule has 0 saturated carbocycles. The number of hydrogen-bond donors (Lipinski definition) is 2. The quantitative estimate of drug-likeness (QED) is 0.495. The van der Waals surface area contributed by atoms with Crippen LogP contribution in [0.2, 0.25) is 0 Å². The number of aryl methyl sites for hydroxylation is 1. The van der Waals surface area contributed by atoms with Gasteiger partial charge in [-0.15, -0.1) is 0 Å². The van der Waals surface area contributed by atoms with Crippen molar-refractivity contribution in [2.24, 2.45) is 0 Å². The van der Waals surface area contributed by atoms with E-state index in [1.165, 1.54) is 31.0 Å². The number of nitrogens with one attached hydrogen (secondary N) is 2. The van der Waals surface area contributed by atoms with Crippen LogP contribution >= 0.6 is 15.9 Å². The zero-order valence-corrected chi connectivity index (χ0v) is 18.9. The third-order valence-corrected chi connectivity index (χ3v) is 5.60. The van der Waals surface area contributed by atoms with Crippen LogP contribution < -0.4 is 10.6 Å². The second-order valence-corrected chi connectivity index (χ2v) is 7.66. The van der Waals surface area contributed by atoms with E-state index in [4.69, 9.17) is 4.42 Å². The molecule has 0 saturated heterocycles. The SMILES string of the molecule is CCn1cc(NC(=O)[C@H](C)n2nc(C(F)(F)F)c(Br)c2C)c(C(=O)NCc2ccco2)n1. The second kappa shape index (κ2) is 9.18. The molecule has 172 valence electrons. The zero-order valence-electron chi connectivity index (χ0n) is 17.3. The first-order valence-corrected chi connectivity index (χ1v) is 10.3. The Morgan fingerprint density at radius 1 is 1.31 bits per heavy atom. The Morgan fingerprint density at radius 3 is 2.59 bits per heavy atom. The van der Waals surface area contributed by atoms with E-state index < -0.39 is 29.7 Å². The summed E-state index contributed by atoms with van der Waals surface area (Å²) in [6, 6.07) is 2.28. The Bertz CT molecular complexity index is 1120. The van der Waals surface area contributed by atoms with Gasteiger partial charge in [0, 0.05) is 12.7 Å². The lowest BCUT2D eigenvalue weighted by Crippen LogP contribution is -2.28. The molecular formula is C19H20BrF3N6O3. The van der Waals surface area contributed by atoms with Crippen LogP contribution in [0.15, 0.2) is 33.5 Å². The van der Waals surface area contributed by atoms with Crippen molar-refractivity contribution in [1.29, 1.82) is 0 Å². The average molecular weight is 517 g/mol. The number of carbonyl (C=O) groups is 2.